The van der Waals surface area contributed by atoms with Crippen LogP contribution in [0.15, 0.2) is 36.4 Å². The highest BCUT2D eigenvalue weighted by atomic mass is 19.2. The molecule has 0 aliphatic heterocycles. The highest BCUT2D eigenvalue weighted by Crippen LogP contribution is 2.16. The van der Waals surface area contributed by atoms with Crippen LogP contribution in [0.2, 0.25) is 0 Å². The second-order valence-electron chi connectivity index (χ2n) is 5.60. The van der Waals surface area contributed by atoms with Gasteiger partial charge >= 0.3 is 0 Å². The number of benzene rings is 2. The fourth-order valence-electron chi connectivity index (χ4n) is 2.51. The van der Waals surface area contributed by atoms with Crippen LogP contribution >= 0.6 is 0 Å². The van der Waals surface area contributed by atoms with Crippen molar-refractivity contribution < 1.29 is 18.4 Å². The Morgan fingerprint density at radius 3 is 2.25 bits per heavy atom. The van der Waals surface area contributed by atoms with Gasteiger partial charge in [-0.15, -0.1) is 0 Å². The predicted octanol–water partition coefficient (Wildman–Crippen LogP) is 2.41. The quantitative estimate of drug-likeness (QED) is 0.882. The summed E-state index contributed by atoms with van der Waals surface area (Å²) in [5.74, 6) is -4.02. The summed E-state index contributed by atoms with van der Waals surface area (Å²) in [6.07, 6.45) is 0.177. The number of aryl methyl sites for hydroxylation is 2. The number of halogens is 2. The van der Waals surface area contributed by atoms with Crippen LogP contribution in [0.5, 0.6) is 0 Å². The van der Waals surface area contributed by atoms with E-state index in [-0.39, 0.29) is 6.42 Å². The molecule has 0 radical (unpaired) electrons. The molecule has 0 saturated heterocycles. The van der Waals surface area contributed by atoms with Crippen molar-refractivity contribution in [2.45, 2.75) is 26.3 Å². The molecule has 0 heterocycles. The summed E-state index contributed by atoms with van der Waals surface area (Å²) < 4.78 is 26.9. The average molecular weight is 332 g/mol. The molecule has 0 spiro atoms. The van der Waals surface area contributed by atoms with E-state index in [2.05, 4.69) is 5.32 Å². The van der Waals surface area contributed by atoms with Gasteiger partial charge in [-0.1, -0.05) is 24.3 Å². The summed E-state index contributed by atoms with van der Waals surface area (Å²) in [5.41, 5.74) is 7.67. The van der Waals surface area contributed by atoms with E-state index in [4.69, 9.17) is 5.73 Å². The first-order valence-electron chi connectivity index (χ1n) is 7.40. The number of carbonyl (C=O) groups excluding carboxylic acids is 2. The molecule has 0 aliphatic rings. The molecule has 3 N–H and O–H groups in total. The lowest BCUT2D eigenvalue weighted by molar-refractivity contribution is -0.119. The summed E-state index contributed by atoms with van der Waals surface area (Å²) in [4.78, 5) is 23.9. The van der Waals surface area contributed by atoms with Gasteiger partial charge < -0.3 is 11.1 Å². The smallest absolute Gasteiger partial charge is 0.255 e. The van der Waals surface area contributed by atoms with E-state index in [1.807, 2.05) is 32.0 Å². The molecule has 0 fully saturated rings. The van der Waals surface area contributed by atoms with Crippen LogP contribution in [-0.2, 0) is 11.2 Å². The number of hydrogen-bond donors (Lipinski definition) is 2. The van der Waals surface area contributed by atoms with Crippen LogP contribution in [0.1, 0.15) is 27.0 Å². The minimum atomic E-state index is -1.26. The highest BCUT2D eigenvalue weighted by molar-refractivity contribution is 5.97. The second kappa shape index (κ2) is 7.21. The Hall–Kier alpha value is -2.76. The van der Waals surface area contributed by atoms with Crippen molar-refractivity contribution in [3.05, 3.63) is 70.3 Å². The van der Waals surface area contributed by atoms with Crippen LogP contribution in [0, 0.1) is 25.5 Å². The molecular weight excluding hydrogens is 314 g/mol. The first-order chi connectivity index (χ1) is 11.3. The second-order valence-corrected chi connectivity index (χ2v) is 5.60. The monoisotopic (exact) mass is 332 g/mol. The molecule has 2 rings (SSSR count). The lowest BCUT2D eigenvalue weighted by Crippen LogP contribution is -2.46. The standard InChI is InChI=1S/C18H18F2N2O2/c1-10-5-3-6-11(2)13(10)9-15(17(21)23)22-18(24)12-7-4-8-14(19)16(12)20/h3-8,15H,9H2,1-2H3,(H2,21,23)(H,22,24)/t15-/m0/s1. The molecule has 1 atom stereocenters. The Balaban J connectivity index is 2.25. The zero-order valence-corrected chi connectivity index (χ0v) is 13.4. The van der Waals surface area contributed by atoms with Gasteiger partial charge in [0.15, 0.2) is 11.6 Å². The van der Waals surface area contributed by atoms with Gasteiger partial charge in [0.2, 0.25) is 5.91 Å². The first kappa shape index (κ1) is 17.6. The number of nitrogens with one attached hydrogen (secondary N) is 1. The van der Waals surface area contributed by atoms with Crippen molar-refractivity contribution in [2.24, 2.45) is 5.73 Å². The van der Waals surface area contributed by atoms with E-state index in [1.165, 1.54) is 6.07 Å². The van der Waals surface area contributed by atoms with Crippen molar-refractivity contribution in [3.8, 4) is 0 Å². The van der Waals surface area contributed by atoms with Gasteiger partial charge in [-0.05, 0) is 42.7 Å². The Labute approximate surface area is 138 Å². The Kier molecular flexibility index (Phi) is 5.28. The number of carbonyl (C=O) groups is 2. The van der Waals surface area contributed by atoms with Gasteiger partial charge in [0, 0.05) is 6.42 Å². The van der Waals surface area contributed by atoms with Crippen molar-refractivity contribution in [1.29, 1.82) is 0 Å². The van der Waals surface area contributed by atoms with Crippen molar-refractivity contribution in [2.75, 3.05) is 0 Å². The Bertz CT molecular complexity index is 770. The lowest BCUT2D eigenvalue weighted by atomic mass is 9.96. The number of rotatable bonds is 5. The van der Waals surface area contributed by atoms with Gasteiger partial charge in [-0.2, -0.15) is 0 Å². The molecule has 0 saturated carbocycles. The molecule has 4 nitrogen and oxygen atoms in total. The van der Waals surface area contributed by atoms with Crippen LogP contribution in [0.25, 0.3) is 0 Å². The Morgan fingerprint density at radius 2 is 1.67 bits per heavy atom. The maximum absolute atomic E-state index is 13.7. The van der Waals surface area contributed by atoms with Gasteiger partial charge in [-0.25, -0.2) is 8.78 Å². The molecule has 2 amide bonds. The highest BCUT2D eigenvalue weighted by Gasteiger charge is 2.23. The summed E-state index contributed by atoms with van der Waals surface area (Å²) in [5, 5.41) is 2.38. The molecule has 2 aromatic rings. The SMILES string of the molecule is Cc1cccc(C)c1C[C@H](NC(=O)c1cccc(F)c1F)C(N)=O. The van der Waals surface area contributed by atoms with Crippen LogP contribution in [0.3, 0.4) is 0 Å². The van der Waals surface area contributed by atoms with Crippen molar-refractivity contribution >= 4 is 11.8 Å². The first-order valence-corrected chi connectivity index (χ1v) is 7.40. The van der Waals surface area contributed by atoms with Gasteiger partial charge in [-0.3, -0.25) is 9.59 Å². The largest absolute Gasteiger partial charge is 0.368 e. The van der Waals surface area contributed by atoms with E-state index in [0.29, 0.717) is 0 Å². The minimum absolute atomic E-state index is 0.177. The van der Waals surface area contributed by atoms with E-state index in [0.717, 1.165) is 28.8 Å². The zero-order chi connectivity index (χ0) is 17.9. The van der Waals surface area contributed by atoms with Crippen LogP contribution < -0.4 is 11.1 Å². The molecule has 0 unspecified atom stereocenters. The van der Waals surface area contributed by atoms with E-state index in [1.54, 1.807) is 0 Å². The number of hydrogen-bond acceptors (Lipinski definition) is 2. The maximum Gasteiger partial charge on any atom is 0.255 e. The third-order valence-corrected chi connectivity index (χ3v) is 3.90. The minimum Gasteiger partial charge on any atom is -0.368 e. The molecule has 0 aliphatic carbocycles. The molecular formula is C18H18F2N2O2. The predicted molar refractivity (Wildman–Crippen MR) is 86.4 cm³/mol. The lowest BCUT2D eigenvalue weighted by Gasteiger charge is -2.18. The summed E-state index contributed by atoms with van der Waals surface area (Å²) >= 11 is 0. The summed E-state index contributed by atoms with van der Waals surface area (Å²) in [6.45, 7) is 3.77. The molecule has 126 valence electrons. The fourth-order valence-corrected chi connectivity index (χ4v) is 2.51. The number of primary amides is 1. The molecule has 6 heteroatoms. The summed E-state index contributed by atoms with van der Waals surface area (Å²) in [7, 11) is 0. The van der Waals surface area contributed by atoms with Crippen LogP contribution in [-0.4, -0.2) is 17.9 Å². The number of amides is 2. The zero-order valence-electron chi connectivity index (χ0n) is 13.4. The van der Waals surface area contributed by atoms with E-state index in [9.17, 15) is 18.4 Å². The third kappa shape index (κ3) is 3.76. The van der Waals surface area contributed by atoms with E-state index < -0.39 is 35.1 Å². The Morgan fingerprint density at radius 1 is 1.08 bits per heavy atom. The normalized spacial score (nSPS) is 11.8. The fraction of sp³-hybridized carbons (Fsp3) is 0.222. The van der Waals surface area contributed by atoms with Crippen LogP contribution in [0.4, 0.5) is 8.78 Å². The molecule has 2 aromatic carbocycles. The number of nitrogens with two attached hydrogens (primary N) is 1. The molecule has 0 aromatic heterocycles. The maximum atomic E-state index is 13.7. The van der Waals surface area contributed by atoms with Crippen molar-refractivity contribution in [1.82, 2.24) is 5.32 Å². The molecule has 0 bridgehead atoms. The van der Waals surface area contributed by atoms with Gasteiger partial charge in [0.25, 0.3) is 5.91 Å². The van der Waals surface area contributed by atoms with Gasteiger partial charge in [0.05, 0.1) is 5.56 Å². The van der Waals surface area contributed by atoms with Gasteiger partial charge in [0.1, 0.15) is 6.04 Å². The third-order valence-electron chi connectivity index (χ3n) is 3.90. The summed E-state index contributed by atoms with van der Waals surface area (Å²) in [6, 6.07) is 7.90. The topological polar surface area (TPSA) is 72.2 Å². The molecule has 24 heavy (non-hydrogen) atoms. The average Bonchev–Trinajstić information content (AvgIpc) is 2.52. The van der Waals surface area contributed by atoms with E-state index >= 15 is 0 Å². The van der Waals surface area contributed by atoms with Crippen molar-refractivity contribution in [3.63, 3.8) is 0 Å².